The third kappa shape index (κ3) is 2.63. The molecule has 0 saturated carbocycles. The van der Waals surface area contributed by atoms with Crippen LogP contribution in [0.25, 0.3) is 0 Å². The maximum atomic E-state index is 10.3. The summed E-state index contributed by atoms with van der Waals surface area (Å²) in [7, 11) is 0. The van der Waals surface area contributed by atoms with Gasteiger partial charge in [0.1, 0.15) is 0 Å². The minimum Gasteiger partial charge on any atom is -0.294 e. The van der Waals surface area contributed by atoms with E-state index in [0.717, 1.165) is 11.9 Å². The molecule has 8 heavy (non-hydrogen) atoms. The SMILES string of the molecule is CSNC(=O)C(C)=O. The molecule has 0 aromatic carbocycles. The zero-order valence-electron chi connectivity index (χ0n) is 4.72. The Bertz CT molecular complexity index is 113. The average molecular weight is 133 g/mol. The van der Waals surface area contributed by atoms with Crippen molar-refractivity contribution in [3.05, 3.63) is 0 Å². The summed E-state index contributed by atoms with van der Waals surface area (Å²) in [4.78, 5) is 20.4. The van der Waals surface area contributed by atoms with Crippen molar-refractivity contribution in [1.82, 2.24) is 4.72 Å². The minimum absolute atomic E-state index is 0.459. The van der Waals surface area contributed by atoms with Gasteiger partial charge in [0, 0.05) is 13.2 Å². The first-order valence-electron chi connectivity index (χ1n) is 2.02. The largest absolute Gasteiger partial charge is 0.296 e. The first kappa shape index (κ1) is 7.49. The summed E-state index contributed by atoms with van der Waals surface area (Å²) in [5, 5.41) is 0. The van der Waals surface area contributed by atoms with E-state index in [1.54, 1.807) is 6.26 Å². The number of hydrogen-bond donors (Lipinski definition) is 1. The second kappa shape index (κ2) is 3.49. The fourth-order valence-electron chi connectivity index (χ4n) is 0.165. The number of Topliss-reactive ketones (excluding diaryl/α,β-unsaturated/α-hetero) is 1. The standard InChI is InChI=1S/C4H7NO2S/c1-3(6)4(7)5-8-2/h1-2H3,(H,5,7). The van der Waals surface area contributed by atoms with Gasteiger partial charge in [0.2, 0.25) is 5.78 Å². The molecule has 0 bridgehead atoms. The van der Waals surface area contributed by atoms with Gasteiger partial charge in [0.05, 0.1) is 0 Å². The number of nitrogens with one attached hydrogen (secondary N) is 1. The lowest BCUT2D eigenvalue weighted by Crippen LogP contribution is -2.22. The van der Waals surface area contributed by atoms with Crippen LogP contribution in [0.5, 0.6) is 0 Å². The molecule has 4 heteroatoms. The number of ketones is 1. The van der Waals surface area contributed by atoms with Crippen molar-refractivity contribution in [2.24, 2.45) is 0 Å². The van der Waals surface area contributed by atoms with Gasteiger partial charge in [-0.3, -0.25) is 14.3 Å². The van der Waals surface area contributed by atoms with Gasteiger partial charge in [0.15, 0.2) is 0 Å². The van der Waals surface area contributed by atoms with Crippen molar-refractivity contribution in [3.63, 3.8) is 0 Å². The van der Waals surface area contributed by atoms with Gasteiger partial charge in [0.25, 0.3) is 5.91 Å². The van der Waals surface area contributed by atoms with Gasteiger partial charge < -0.3 is 0 Å². The Morgan fingerprint density at radius 2 is 2.00 bits per heavy atom. The molecule has 3 nitrogen and oxygen atoms in total. The predicted molar refractivity (Wildman–Crippen MR) is 32.3 cm³/mol. The van der Waals surface area contributed by atoms with E-state index in [2.05, 4.69) is 4.72 Å². The average Bonchev–Trinajstić information content (AvgIpc) is 1.67. The van der Waals surface area contributed by atoms with Crippen LogP contribution in [0.3, 0.4) is 0 Å². The van der Waals surface area contributed by atoms with Crippen LogP contribution in [-0.2, 0) is 9.59 Å². The van der Waals surface area contributed by atoms with Gasteiger partial charge in [-0.05, 0) is 0 Å². The number of hydrogen-bond acceptors (Lipinski definition) is 3. The van der Waals surface area contributed by atoms with Crippen molar-refractivity contribution < 1.29 is 9.59 Å². The van der Waals surface area contributed by atoms with Crippen molar-refractivity contribution in [2.75, 3.05) is 6.26 Å². The van der Waals surface area contributed by atoms with E-state index in [9.17, 15) is 9.59 Å². The normalized spacial score (nSPS) is 8.25. The Labute approximate surface area is 52.0 Å². The van der Waals surface area contributed by atoms with E-state index < -0.39 is 11.7 Å². The second-order valence-corrected chi connectivity index (χ2v) is 1.80. The lowest BCUT2D eigenvalue weighted by atomic mass is 10.4. The molecular formula is C4H7NO2S. The van der Waals surface area contributed by atoms with Crippen LogP contribution < -0.4 is 4.72 Å². The molecule has 0 rings (SSSR count). The van der Waals surface area contributed by atoms with Crippen LogP contribution in [-0.4, -0.2) is 17.9 Å². The predicted octanol–water partition coefficient (Wildman–Crippen LogP) is -0.0304. The smallest absolute Gasteiger partial charge is 0.294 e. The van der Waals surface area contributed by atoms with Gasteiger partial charge in [-0.25, -0.2) is 0 Å². The lowest BCUT2D eigenvalue weighted by Gasteiger charge is -1.91. The highest BCUT2D eigenvalue weighted by Crippen LogP contribution is 1.81. The maximum Gasteiger partial charge on any atom is 0.296 e. The molecule has 0 atom stereocenters. The highest BCUT2D eigenvalue weighted by molar-refractivity contribution is 7.97. The van der Waals surface area contributed by atoms with Crippen molar-refractivity contribution in [1.29, 1.82) is 0 Å². The van der Waals surface area contributed by atoms with Crippen LogP contribution in [0, 0.1) is 0 Å². The van der Waals surface area contributed by atoms with Crippen LogP contribution in [0.1, 0.15) is 6.92 Å². The molecule has 0 radical (unpaired) electrons. The van der Waals surface area contributed by atoms with Gasteiger partial charge in [-0.2, -0.15) is 0 Å². The third-order valence-electron chi connectivity index (χ3n) is 0.515. The quantitative estimate of drug-likeness (QED) is 0.425. The van der Waals surface area contributed by atoms with Crippen molar-refractivity contribution >= 4 is 23.6 Å². The Morgan fingerprint density at radius 3 is 2.12 bits per heavy atom. The van der Waals surface area contributed by atoms with Crippen LogP contribution in [0.2, 0.25) is 0 Å². The molecule has 0 saturated heterocycles. The monoisotopic (exact) mass is 133 g/mol. The summed E-state index contributed by atoms with van der Waals surface area (Å²) >= 11 is 1.12. The van der Waals surface area contributed by atoms with E-state index in [0.29, 0.717) is 0 Å². The van der Waals surface area contributed by atoms with E-state index in [1.165, 1.54) is 6.92 Å². The molecule has 0 aliphatic rings. The Hall–Kier alpha value is -0.510. The van der Waals surface area contributed by atoms with Crippen molar-refractivity contribution in [2.45, 2.75) is 6.92 Å². The number of carbonyl (C=O) groups is 2. The fourth-order valence-corrected chi connectivity index (χ4v) is 0.494. The number of rotatable bonds is 2. The molecule has 46 valence electrons. The summed E-state index contributed by atoms with van der Waals surface area (Å²) in [6.07, 6.45) is 1.68. The summed E-state index contributed by atoms with van der Waals surface area (Å²) in [5.41, 5.74) is 0. The molecule has 0 spiro atoms. The topological polar surface area (TPSA) is 46.2 Å². The highest BCUT2D eigenvalue weighted by atomic mass is 32.2. The molecule has 0 heterocycles. The summed E-state index contributed by atoms with van der Waals surface area (Å²) < 4.78 is 2.27. The van der Waals surface area contributed by atoms with E-state index in [1.807, 2.05) is 0 Å². The molecule has 0 unspecified atom stereocenters. The van der Waals surface area contributed by atoms with Crippen molar-refractivity contribution in [3.8, 4) is 0 Å². The van der Waals surface area contributed by atoms with E-state index in [-0.39, 0.29) is 0 Å². The Morgan fingerprint density at radius 1 is 1.50 bits per heavy atom. The first-order chi connectivity index (χ1) is 3.68. The molecular weight excluding hydrogens is 126 g/mol. The zero-order valence-corrected chi connectivity index (χ0v) is 5.54. The Kier molecular flexibility index (Phi) is 3.26. The van der Waals surface area contributed by atoms with Gasteiger partial charge in [-0.15, -0.1) is 0 Å². The molecule has 0 aliphatic carbocycles. The first-order valence-corrected chi connectivity index (χ1v) is 3.25. The molecule has 1 amide bonds. The molecule has 0 aromatic heterocycles. The zero-order chi connectivity index (χ0) is 6.57. The highest BCUT2D eigenvalue weighted by Gasteiger charge is 2.03. The van der Waals surface area contributed by atoms with Crippen LogP contribution in [0.4, 0.5) is 0 Å². The molecule has 1 N–H and O–H groups in total. The van der Waals surface area contributed by atoms with Gasteiger partial charge in [-0.1, -0.05) is 11.9 Å². The molecule has 0 aromatic rings. The van der Waals surface area contributed by atoms with E-state index in [4.69, 9.17) is 0 Å². The van der Waals surface area contributed by atoms with Crippen LogP contribution in [0.15, 0.2) is 0 Å². The summed E-state index contributed by atoms with van der Waals surface area (Å²) in [6, 6.07) is 0. The molecule has 0 aliphatic heterocycles. The van der Waals surface area contributed by atoms with E-state index >= 15 is 0 Å². The number of amides is 1. The maximum absolute atomic E-state index is 10.3. The minimum atomic E-state index is -0.544. The molecule has 0 fully saturated rings. The fraction of sp³-hybridized carbons (Fsp3) is 0.500. The Balaban J connectivity index is 3.49. The van der Waals surface area contributed by atoms with Gasteiger partial charge >= 0.3 is 0 Å². The van der Waals surface area contributed by atoms with Crippen LogP contribution >= 0.6 is 11.9 Å². The second-order valence-electron chi connectivity index (χ2n) is 1.19. The lowest BCUT2D eigenvalue weighted by molar-refractivity contribution is -0.135. The third-order valence-corrected chi connectivity index (χ3v) is 0.904. The number of carbonyl (C=O) groups excluding carboxylic acids is 2. The summed E-state index contributed by atoms with van der Waals surface area (Å²) in [6.45, 7) is 1.23. The summed E-state index contributed by atoms with van der Waals surface area (Å²) in [5.74, 6) is -1.00.